The third-order valence-electron chi connectivity index (χ3n) is 3.67. The van der Waals surface area contributed by atoms with E-state index in [9.17, 15) is 4.79 Å². The van der Waals surface area contributed by atoms with Gasteiger partial charge in [0.15, 0.2) is 6.61 Å². The van der Waals surface area contributed by atoms with Crippen molar-refractivity contribution in [3.05, 3.63) is 71.9 Å². The lowest BCUT2D eigenvalue weighted by Gasteiger charge is -2.21. The summed E-state index contributed by atoms with van der Waals surface area (Å²) in [6.07, 6.45) is 0. The number of aryl methyl sites for hydroxylation is 1. The minimum Gasteiger partial charge on any atom is -0.485 e. The summed E-state index contributed by atoms with van der Waals surface area (Å²) in [4.78, 5) is 18.5. The lowest BCUT2D eigenvalue weighted by Crippen LogP contribution is -2.30. The van der Waals surface area contributed by atoms with E-state index in [0.29, 0.717) is 29.6 Å². The third-order valence-corrected chi connectivity index (χ3v) is 3.67. The van der Waals surface area contributed by atoms with Crippen molar-refractivity contribution in [3.63, 3.8) is 0 Å². The van der Waals surface area contributed by atoms with Crippen LogP contribution in [0.15, 0.2) is 59.1 Å². The van der Waals surface area contributed by atoms with Gasteiger partial charge in [-0.1, -0.05) is 23.4 Å². The highest BCUT2D eigenvalue weighted by molar-refractivity contribution is 6.06. The first kappa shape index (κ1) is 16.7. The van der Waals surface area contributed by atoms with Gasteiger partial charge < -0.3 is 14.2 Å². The van der Waals surface area contributed by atoms with Crippen LogP contribution in [0.25, 0.3) is 0 Å². The molecule has 25 heavy (non-hydrogen) atoms. The molecule has 0 atom stereocenters. The van der Waals surface area contributed by atoms with Crippen LogP contribution in [0.3, 0.4) is 0 Å². The van der Waals surface area contributed by atoms with Gasteiger partial charge in [-0.3, -0.25) is 4.79 Å². The molecule has 0 saturated heterocycles. The van der Waals surface area contributed by atoms with Crippen molar-refractivity contribution in [2.75, 3.05) is 11.4 Å². The SMILES string of the molecule is CCN(C(=O)c1ccc(OCc2noc(C)n2)cc1)c1ccccc1. The maximum Gasteiger partial charge on any atom is 0.258 e. The Balaban J connectivity index is 1.67. The van der Waals surface area contributed by atoms with Gasteiger partial charge in [-0.2, -0.15) is 4.98 Å². The quantitative estimate of drug-likeness (QED) is 0.687. The molecule has 6 heteroatoms. The summed E-state index contributed by atoms with van der Waals surface area (Å²) in [5, 5.41) is 3.77. The van der Waals surface area contributed by atoms with Crippen LogP contribution in [0.5, 0.6) is 5.75 Å². The maximum absolute atomic E-state index is 12.7. The Bertz CT molecular complexity index is 829. The minimum atomic E-state index is -0.0472. The Morgan fingerprint density at radius 3 is 2.44 bits per heavy atom. The molecular weight excluding hydrogens is 318 g/mol. The second-order valence-electron chi connectivity index (χ2n) is 5.43. The van der Waals surface area contributed by atoms with Crippen LogP contribution in [0.2, 0.25) is 0 Å². The van der Waals surface area contributed by atoms with Crippen LogP contribution < -0.4 is 9.64 Å². The van der Waals surface area contributed by atoms with E-state index in [2.05, 4.69) is 10.1 Å². The Morgan fingerprint density at radius 2 is 1.84 bits per heavy atom. The van der Waals surface area contributed by atoms with Crippen molar-refractivity contribution in [1.29, 1.82) is 0 Å². The molecule has 0 aliphatic carbocycles. The largest absolute Gasteiger partial charge is 0.485 e. The molecule has 1 heterocycles. The van der Waals surface area contributed by atoms with E-state index in [1.165, 1.54) is 0 Å². The van der Waals surface area contributed by atoms with Gasteiger partial charge in [0.25, 0.3) is 5.91 Å². The average molecular weight is 337 g/mol. The van der Waals surface area contributed by atoms with Crippen LogP contribution in [0.4, 0.5) is 5.69 Å². The molecule has 1 amide bonds. The number of benzene rings is 2. The van der Waals surface area contributed by atoms with Crippen molar-refractivity contribution in [1.82, 2.24) is 10.1 Å². The van der Waals surface area contributed by atoms with Gasteiger partial charge >= 0.3 is 0 Å². The zero-order chi connectivity index (χ0) is 17.6. The second-order valence-corrected chi connectivity index (χ2v) is 5.43. The molecule has 3 rings (SSSR count). The normalized spacial score (nSPS) is 10.5. The summed E-state index contributed by atoms with van der Waals surface area (Å²) in [6, 6.07) is 16.6. The van der Waals surface area contributed by atoms with Crippen molar-refractivity contribution in [2.45, 2.75) is 20.5 Å². The first-order valence-corrected chi connectivity index (χ1v) is 8.06. The smallest absolute Gasteiger partial charge is 0.258 e. The zero-order valence-corrected chi connectivity index (χ0v) is 14.2. The van der Waals surface area contributed by atoms with Gasteiger partial charge in [-0.15, -0.1) is 0 Å². The lowest BCUT2D eigenvalue weighted by molar-refractivity contribution is 0.0988. The Morgan fingerprint density at radius 1 is 1.12 bits per heavy atom. The number of hydrogen-bond donors (Lipinski definition) is 0. The van der Waals surface area contributed by atoms with Gasteiger partial charge in [-0.05, 0) is 43.3 Å². The van der Waals surface area contributed by atoms with Crippen LogP contribution in [-0.4, -0.2) is 22.6 Å². The number of carbonyl (C=O) groups excluding carboxylic acids is 1. The molecule has 0 saturated carbocycles. The van der Waals surface area contributed by atoms with Crippen molar-refractivity contribution in [2.24, 2.45) is 0 Å². The number of amides is 1. The van der Waals surface area contributed by atoms with Crippen molar-refractivity contribution in [3.8, 4) is 5.75 Å². The molecule has 0 aliphatic rings. The molecule has 0 bridgehead atoms. The summed E-state index contributed by atoms with van der Waals surface area (Å²) >= 11 is 0. The molecule has 0 unspecified atom stereocenters. The number of para-hydroxylation sites is 1. The third kappa shape index (κ3) is 4.03. The minimum absolute atomic E-state index is 0.0472. The van der Waals surface area contributed by atoms with Crippen molar-refractivity contribution >= 4 is 11.6 Å². The molecular formula is C19H19N3O3. The fourth-order valence-corrected chi connectivity index (χ4v) is 2.45. The summed E-state index contributed by atoms with van der Waals surface area (Å²) in [5.74, 6) is 1.58. The van der Waals surface area contributed by atoms with E-state index >= 15 is 0 Å². The lowest BCUT2D eigenvalue weighted by atomic mass is 10.1. The molecule has 0 aliphatic heterocycles. The number of hydrogen-bond acceptors (Lipinski definition) is 5. The molecule has 0 radical (unpaired) electrons. The number of anilines is 1. The predicted molar refractivity (Wildman–Crippen MR) is 93.6 cm³/mol. The topological polar surface area (TPSA) is 68.5 Å². The standard InChI is InChI=1S/C19H19N3O3/c1-3-22(16-7-5-4-6-8-16)19(23)15-9-11-17(12-10-15)24-13-18-20-14(2)25-21-18/h4-12H,3,13H2,1-2H3. The van der Waals surface area contributed by atoms with Crippen LogP contribution >= 0.6 is 0 Å². The van der Waals surface area contributed by atoms with Gasteiger partial charge in [-0.25, -0.2) is 0 Å². The number of nitrogens with zero attached hydrogens (tertiary/aromatic N) is 3. The fourth-order valence-electron chi connectivity index (χ4n) is 2.45. The van der Waals surface area contributed by atoms with Crippen LogP contribution in [0.1, 0.15) is 29.0 Å². The van der Waals surface area contributed by atoms with Crippen molar-refractivity contribution < 1.29 is 14.1 Å². The summed E-state index contributed by atoms with van der Waals surface area (Å²) in [5.41, 5.74) is 1.48. The van der Waals surface area contributed by atoms with Gasteiger partial charge in [0.2, 0.25) is 11.7 Å². The molecule has 6 nitrogen and oxygen atoms in total. The monoisotopic (exact) mass is 337 g/mol. The molecule has 0 fully saturated rings. The first-order valence-electron chi connectivity index (χ1n) is 8.06. The first-order chi connectivity index (χ1) is 12.2. The van der Waals surface area contributed by atoms with E-state index in [4.69, 9.17) is 9.26 Å². The Kier molecular flexibility index (Phi) is 5.09. The number of carbonyl (C=O) groups is 1. The van der Waals surface area contributed by atoms with E-state index < -0.39 is 0 Å². The molecule has 0 N–H and O–H groups in total. The highest BCUT2D eigenvalue weighted by Gasteiger charge is 2.15. The van der Waals surface area contributed by atoms with E-state index in [1.54, 1.807) is 36.1 Å². The number of rotatable bonds is 6. The second kappa shape index (κ2) is 7.61. The zero-order valence-electron chi connectivity index (χ0n) is 14.2. The molecule has 3 aromatic rings. The van der Waals surface area contributed by atoms with Crippen LogP contribution in [-0.2, 0) is 6.61 Å². The summed E-state index contributed by atoms with van der Waals surface area (Å²) in [7, 11) is 0. The summed E-state index contributed by atoms with van der Waals surface area (Å²) in [6.45, 7) is 4.49. The average Bonchev–Trinajstić information content (AvgIpc) is 3.07. The maximum atomic E-state index is 12.7. The summed E-state index contributed by atoms with van der Waals surface area (Å²) < 4.78 is 10.5. The highest BCUT2D eigenvalue weighted by atomic mass is 16.5. The van der Waals surface area contributed by atoms with E-state index in [1.807, 2.05) is 37.3 Å². The Hall–Kier alpha value is -3.15. The van der Waals surface area contributed by atoms with Gasteiger partial charge in [0.1, 0.15) is 5.75 Å². The number of aromatic nitrogens is 2. The molecule has 128 valence electrons. The van der Waals surface area contributed by atoms with E-state index in [0.717, 1.165) is 5.69 Å². The molecule has 1 aromatic heterocycles. The Labute approximate surface area is 146 Å². The molecule has 2 aromatic carbocycles. The van der Waals surface area contributed by atoms with Gasteiger partial charge in [0.05, 0.1) is 0 Å². The number of ether oxygens (including phenoxy) is 1. The van der Waals surface area contributed by atoms with Gasteiger partial charge in [0, 0.05) is 24.7 Å². The predicted octanol–water partition coefficient (Wildman–Crippen LogP) is 3.62. The fraction of sp³-hybridized carbons (Fsp3) is 0.211. The highest BCUT2D eigenvalue weighted by Crippen LogP contribution is 2.19. The van der Waals surface area contributed by atoms with Crippen LogP contribution in [0, 0.1) is 6.92 Å². The van der Waals surface area contributed by atoms with E-state index in [-0.39, 0.29) is 12.5 Å². The molecule has 0 spiro atoms.